The molecule has 2 aromatic heterocycles. The number of non-ortho nitro benzene ring substituents is 1. The summed E-state index contributed by atoms with van der Waals surface area (Å²) < 4.78 is 14.8. The third-order valence-corrected chi connectivity index (χ3v) is 8.54. The molecule has 0 saturated heterocycles. The van der Waals surface area contributed by atoms with E-state index in [0.717, 1.165) is 27.6 Å². The highest BCUT2D eigenvalue weighted by molar-refractivity contribution is 7.07. The van der Waals surface area contributed by atoms with Crippen LogP contribution in [-0.2, 0) is 16.1 Å². The van der Waals surface area contributed by atoms with Crippen LogP contribution in [0, 0.1) is 10.1 Å². The number of hydrogen-bond acceptors (Lipinski definition) is 8. The number of methoxy groups -OCH3 is 1. The number of esters is 1. The molecule has 0 aliphatic carbocycles. The van der Waals surface area contributed by atoms with Crippen LogP contribution in [0.2, 0.25) is 0 Å². The van der Waals surface area contributed by atoms with Crippen molar-refractivity contribution in [2.75, 3.05) is 13.7 Å². The molecule has 1 atom stereocenters. The van der Waals surface area contributed by atoms with Crippen molar-refractivity contribution >= 4 is 40.0 Å². The molecule has 0 amide bonds. The average molecular weight is 609 g/mol. The van der Waals surface area contributed by atoms with Crippen LogP contribution in [0.1, 0.15) is 36.6 Å². The van der Waals surface area contributed by atoms with Gasteiger partial charge in [-0.25, -0.2) is 9.79 Å². The van der Waals surface area contributed by atoms with Gasteiger partial charge < -0.3 is 14.0 Å². The minimum Gasteiger partial charge on any atom is -0.497 e. The van der Waals surface area contributed by atoms with Crippen molar-refractivity contribution in [1.82, 2.24) is 9.13 Å². The molecule has 1 unspecified atom stereocenters. The lowest BCUT2D eigenvalue weighted by atomic mass is 9.96. The quantitative estimate of drug-likeness (QED) is 0.143. The fourth-order valence-electron chi connectivity index (χ4n) is 5.48. The Morgan fingerprint density at radius 2 is 1.82 bits per heavy atom. The summed E-state index contributed by atoms with van der Waals surface area (Å²) in [5, 5.41) is 12.0. The second-order valence-electron chi connectivity index (χ2n) is 10.2. The summed E-state index contributed by atoms with van der Waals surface area (Å²) in [5.74, 6) is 0.142. The number of allylic oxidation sites excluding steroid dienone is 1. The average Bonchev–Trinajstić information content (AvgIpc) is 3.52. The number of carbonyl (C=O) groups excluding carboxylic acids is 1. The molecular weight excluding hydrogens is 580 g/mol. The van der Waals surface area contributed by atoms with Crippen LogP contribution in [0.5, 0.6) is 5.75 Å². The minimum absolute atomic E-state index is 0.0384. The standard InChI is InChI=1S/C33H28N4O6S/c1-4-43-32(39)29-20(2)34-33-36(30(29)22-11-15-25(42-3)16-12-22)31(38)28(44-33)17-23-19-35(27-8-6-5-7-26(23)27)18-21-9-13-24(14-10-21)37(40)41/h5-17,19,30H,4,18H2,1-3H3. The van der Waals surface area contributed by atoms with E-state index in [9.17, 15) is 19.7 Å². The van der Waals surface area contributed by atoms with Gasteiger partial charge in [-0.3, -0.25) is 19.5 Å². The van der Waals surface area contributed by atoms with Crippen LogP contribution in [0.25, 0.3) is 17.0 Å². The summed E-state index contributed by atoms with van der Waals surface area (Å²) in [7, 11) is 1.58. The molecule has 3 heterocycles. The minimum atomic E-state index is -0.721. The first kappa shape index (κ1) is 28.8. The maximum Gasteiger partial charge on any atom is 0.338 e. The van der Waals surface area contributed by atoms with Crippen molar-refractivity contribution in [3.05, 3.63) is 137 Å². The Bertz CT molecular complexity index is 2120. The van der Waals surface area contributed by atoms with Gasteiger partial charge in [0.15, 0.2) is 4.80 Å². The fraction of sp³-hybridized carbons (Fsp3) is 0.182. The van der Waals surface area contributed by atoms with Gasteiger partial charge in [-0.2, -0.15) is 0 Å². The van der Waals surface area contributed by atoms with Crippen molar-refractivity contribution < 1.29 is 19.2 Å². The first-order valence-electron chi connectivity index (χ1n) is 13.9. The maximum absolute atomic E-state index is 14.1. The molecule has 1 aliphatic heterocycles. The van der Waals surface area contributed by atoms with E-state index in [0.29, 0.717) is 32.9 Å². The van der Waals surface area contributed by atoms with Crippen LogP contribution in [-0.4, -0.2) is 33.7 Å². The van der Waals surface area contributed by atoms with E-state index in [2.05, 4.69) is 9.56 Å². The number of para-hydroxylation sites is 1. The number of nitro groups is 1. The van der Waals surface area contributed by atoms with Gasteiger partial charge in [-0.05, 0) is 49.2 Å². The number of carbonyl (C=O) groups is 1. The third-order valence-electron chi connectivity index (χ3n) is 7.55. The molecule has 0 saturated carbocycles. The molecule has 0 radical (unpaired) electrons. The summed E-state index contributed by atoms with van der Waals surface area (Å²) in [6, 6.07) is 20.9. The number of ether oxygens (including phenoxy) is 2. The highest BCUT2D eigenvalue weighted by atomic mass is 32.1. The highest BCUT2D eigenvalue weighted by Gasteiger charge is 2.33. The summed E-state index contributed by atoms with van der Waals surface area (Å²) in [6.45, 7) is 4.18. The number of aromatic nitrogens is 2. The van der Waals surface area contributed by atoms with Crippen LogP contribution in [0.15, 0.2) is 100 Å². The number of thiazole rings is 1. The van der Waals surface area contributed by atoms with Gasteiger partial charge in [0.25, 0.3) is 11.2 Å². The summed E-state index contributed by atoms with van der Waals surface area (Å²) in [5.41, 5.74) is 4.02. The monoisotopic (exact) mass is 608 g/mol. The van der Waals surface area contributed by atoms with Crippen LogP contribution in [0.3, 0.4) is 0 Å². The van der Waals surface area contributed by atoms with Gasteiger partial charge in [-0.1, -0.05) is 53.8 Å². The number of fused-ring (bicyclic) bond motifs is 2. The third kappa shape index (κ3) is 5.22. The molecule has 0 bridgehead atoms. The van der Waals surface area contributed by atoms with Crippen molar-refractivity contribution in [1.29, 1.82) is 0 Å². The number of rotatable bonds is 8. The lowest BCUT2D eigenvalue weighted by Gasteiger charge is -2.24. The topological polar surface area (TPSA) is 118 Å². The maximum atomic E-state index is 14.1. The molecule has 0 N–H and O–H groups in total. The molecule has 44 heavy (non-hydrogen) atoms. The summed E-state index contributed by atoms with van der Waals surface area (Å²) >= 11 is 1.26. The Morgan fingerprint density at radius 3 is 2.50 bits per heavy atom. The first-order chi connectivity index (χ1) is 21.3. The van der Waals surface area contributed by atoms with E-state index in [1.807, 2.05) is 48.7 Å². The molecule has 3 aromatic carbocycles. The molecular formula is C33H28N4O6S. The first-order valence-corrected chi connectivity index (χ1v) is 14.8. The Morgan fingerprint density at radius 1 is 1.09 bits per heavy atom. The predicted molar refractivity (Wildman–Crippen MR) is 168 cm³/mol. The van der Waals surface area contributed by atoms with Gasteiger partial charge in [0.1, 0.15) is 5.75 Å². The summed E-state index contributed by atoms with van der Waals surface area (Å²) in [4.78, 5) is 43.1. The van der Waals surface area contributed by atoms with E-state index in [-0.39, 0.29) is 17.9 Å². The van der Waals surface area contributed by atoms with Crippen molar-refractivity contribution in [3.63, 3.8) is 0 Å². The SMILES string of the molecule is CCOC(=O)C1=C(C)N=c2sc(=Cc3cn(Cc4ccc([N+](=O)[O-])cc4)c4ccccc34)c(=O)n2C1c1ccc(OC)cc1. The van der Waals surface area contributed by atoms with Crippen molar-refractivity contribution in [2.24, 2.45) is 4.99 Å². The number of nitro benzene ring substituents is 1. The normalized spacial score (nSPS) is 14.8. The highest BCUT2D eigenvalue weighted by Crippen LogP contribution is 2.32. The van der Waals surface area contributed by atoms with Gasteiger partial charge in [0.2, 0.25) is 0 Å². The van der Waals surface area contributed by atoms with Crippen molar-refractivity contribution in [3.8, 4) is 5.75 Å². The smallest absolute Gasteiger partial charge is 0.338 e. The zero-order valence-corrected chi connectivity index (χ0v) is 25.0. The number of benzene rings is 3. The number of nitrogens with zero attached hydrogens (tertiary/aromatic N) is 4. The van der Waals surface area contributed by atoms with Gasteiger partial charge in [0, 0.05) is 41.3 Å². The Hall–Kier alpha value is -5.29. The van der Waals surface area contributed by atoms with Crippen LogP contribution >= 0.6 is 11.3 Å². The molecule has 222 valence electrons. The van der Waals surface area contributed by atoms with Gasteiger partial charge >= 0.3 is 5.97 Å². The van der Waals surface area contributed by atoms with Crippen LogP contribution in [0.4, 0.5) is 5.69 Å². The second kappa shape index (κ2) is 11.8. The molecule has 10 nitrogen and oxygen atoms in total. The molecule has 11 heteroatoms. The lowest BCUT2D eigenvalue weighted by Crippen LogP contribution is -2.39. The van der Waals surface area contributed by atoms with E-state index in [1.54, 1.807) is 49.8 Å². The van der Waals surface area contributed by atoms with E-state index in [4.69, 9.17) is 9.47 Å². The second-order valence-corrected chi connectivity index (χ2v) is 11.2. The van der Waals surface area contributed by atoms with Gasteiger partial charge in [-0.15, -0.1) is 0 Å². The molecule has 0 spiro atoms. The molecule has 0 fully saturated rings. The largest absolute Gasteiger partial charge is 0.497 e. The van der Waals surface area contributed by atoms with Crippen LogP contribution < -0.4 is 19.6 Å². The summed E-state index contributed by atoms with van der Waals surface area (Å²) in [6.07, 6.45) is 3.83. The van der Waals surface area contributed by atoms with Gasteiger partial charge in [0.05, 0.1) is 40.5 Å². The predicted octanol–water partition coefficient (Wildman–Crippen LogP) is 4.72. The van der Waals surface area contributed by atoms with E-state index in [1.165, 1.54) is 23.5 Å². The molecule has 5 aromatic rings. The Kier molecular flexibility index (Phi) is 7.71. The lowest BCUT2D eigenvalue weighted by molar-refractivity contribution is -0.384. The fourth-order valence-corrected chi connectivity index (χ4v) is 6.51. The zero-order chi connectivity index (χ0) is 31.0. The Labute approximate surface area is 255 Å². The van der Waals surface area contributed by atoms with Crippen molar-refractivity contribution in [2.45, 2.75) is 26.4 Å². The Balaban J connectivity index is 1.47. The van der Waals surface area contributed by atoms with E-state index >= 15 is 0 Å². The zero-order valence-electron chi connectivity index (χ0n) is 24.2. The van der Waals surface area contributed by atoms with E-state index < -0.39 is 16.9 Å². The molecule has 6 rings (SSSR count). The molecule has 1 aliphatic rings. The number of hydrogen-bond donors (Lipinski definition) is 0.